The van der Waals surface area contributed by atoms with Crippen molar-refractivity contribution in [3.63, 3.8) is 0 Å². The van der Waals surface area contributed by atoms with E-state index in [4.69, 9.17) is 4.52 Å². The quantitative estimate of drug-likeness (QED) is 0.582. The van der Waals surface area contributed by atoms with Crippen molar-refractivity contribution in [1.82, 2.24) is 9.72 Å². The molecule has 5 heteroatoms. The zero-order chi connectivity index (χ0) is 16.4. The Morgan fingerprint density at radius 2 is 1.83 bits per heavy atom. The van der Waals surface area contributed by atoms with Crippen LogP contribution in [0, 0.1) is 27.7 Å². The first-order chi connectivity index (χ1) is 11.0. The van der Waals surface area contributed by atoms with Crippen molar-refractivity contribution in [1.29, 1.82) is 0 Å². The van der Waals surface area contributed by atoms with Crippen LogP contribution in [-0.2, 0) is 0 Å². The van der Waals surface area contributed by atoms with Crippen molar-refractivity contribution in [3.05, 3.63) is 64.7 Å². The Balaban J connectivity index is 1.81. The Morgan fingerprint density at radius 3 is 2.48 bits per heavy atom. The fraction of sp³-hybridized carbons (Fsp3) is 0.222. The molecule has 0 atom stereocenters. The molecule has 2 aromatic heterocycles. The third-order valence-electron chi connectivity index (χ3n) is 3.76. The number of hydrazone groups is 1. The Kier molecular flexibility index (Phi) is 4.02. The van der Waals surface area contributed by atoms with E-state index in [1.165, 1.54) is 5.56 Å². The third-order valence-corrected chi connectivity index (χ3v) is 3.76. The Morgan fingerprint density at radius 1 is 1.09 bits per heavy atom. The van der Waals surface area contributed by atoms with Crippen molar-refractivity contribution in [2.45, 2.75) is 27.7 Å². The minimum absolute atomic E-state index is 0.795. The minimum Gasteiger partial charge on any atom is -0.360 e. The maximum absolute atomic E-state index is 5.17. The van der Waals surface area contributed by atoms with Gasteiger partial charge in [-0.05, 0) is 45.9 Å². The maximum atomic E-state index is 5.17. The summed E-state index contributed by atoms with van der Waals surface area (Å²) in [6, 6.07) is 12.1. The molecule has 0 aliphatic carbocycles. The van der Waals surface area contributed by atoms with Crippen LogP contribution in [0.1, 0.15) is 28.3 Å². The van der Waals surface area contributed by atoms with Gasteiger partial charge in [-0.1, -0.05) is 22.9 Å². The van der Waals surface area contributed by atoms with Crippen molar-refractivity contribution >= 4 is 11.9 Å². The third kappa shape index (κ3) is 3.18. The highest BCUT2D eigenvalue weighted by Gasteiger charge is 2.12. The second-order valence-corrected chi connectivity index (χ2v) is 5.69. The van der Waals surface area contributed by atoms with Crippen LogP contribution in [0.5, 0.6) is 0 Å². The molecule has 0 spiro atoms. The number of hydrogen-bond donors (Lipinski definition) is 1. The summed E-state index contributed by atoms with van der Waals surface area (Å²) >= 11 is 0. The highest BCUT2D eigenvalue weighted by molar-refractivity contribution is 5.82. The number of benzene rings is 1. The molecule has 3 aromatic rings. The number of nitrogens with zero attached hydrogens (tertiary/aromatic N) is 3. The topological polar surface area (TPSA) is 55.4 Å². The summed E-state index contributed by atoms with van der Waals surface area (Å²) in [5, 5.41) is 8.41. The first-order valence-electron chi connectivity index (χ1n) is 7.53. The number of nitrogens with one attached hydrogen (secondary N) is 1. The SMILES string of the molecule is Cc1ccc(N/N=C\c2cc(C)n(-c3cc(C)on3)c2C)cc1. The van der Waals surface area contributed by atoms with Crippen LogP contribution in [0.15, 0.2) is 46.0 Å². The van der Waals surface area contributed by atoms with Gasteiger partial charge in [-0.15, -0.1) is 0 Å². The van der Waals surface area contributed by atoms with E-state index >= 15 is 0 Å². The van der Waals surface area contributed by atoms with Gasteiger partial charge < -0.3 is 4.52 Å². The monoisotopic (exact) mass is 308 g/mol. The molecule has 0 aliphatic rings. The van der Waals surface area contributed by atoms with Crippen LogP contribution in [0.3, 0.4) is 0 Å². The summed E-state index contributed by atoms with van der Waals surface area (Å²) in [7, 11) is 0. The number of hydrogen-bond acceptors (Lipinski definition) is 4. The van der Waals surface area contributed by atoms with Crippen LogP contribution < -0.4 is 5.43 Å². The van der Waals surface area contributed by atoms with Crippen LogP contribution in [0.4, 0.5) is 5.69 Å². The first kappa shape index (κ1) is 15.1. The highest BCUT2D eigenvalue weighted by Crippen LogP contribution is 2.19. The average Bonchev–Trinajstić information content (AvgIpc) is 3.05. The molecule has 5 nitrogen and oxygen atoms in total. The molecule has 1 N–H and O–H groups in total. The molecule has 0 amide bonds. The predicted molar refractivity (Wildman–Crippen MR) is 92.4 cm³/mol. The van der Waals surface area contributed by atoms with Gasteiger partial charge in [-0.2, -0.15) is 5.10 Å². The van der Waals surface area contributed by atoms with Gasteiger partial charge in [0.05, 0.1) is 11.9 Å². The van der Waals surface area contributed by atoms with Crippen LogP contribution in [0.25, 0.3) is 5.82 Å². The summed E-state index contributed by atoms with van der Waals surface area (Å²) in [6.07, 6.45) is 1.83. The molecule has 0 bridgehead atoms. The van der Waals surface area contributed by atoms with Crippen molar-refractivity contribution in [3.8, 4) is 5.82 Å². The zero-order valence-electron chi connectivity index (χ0n) is 13.8. The normalized spacial score (nSPS) is 11.3. The largest absolute Gasteiger partial charge is 0.360 e. The van der Waals surface area contributed by atoms with Crippen LogP contribution in [0.2, 0.25) is 0 Å². The van der Waals surface area contributed by atoms with Gasteiger partial charge >= 0.3 is 0 Å². The van der Waals surface area contributed by atoms with E-state index < -0.39 is 0 Å². The van der Waals surface area contributed by atoms with Gasteiger partial charge in [0, 0.05) is 23.0 Å². The number of aryl methyl sites for hydroxylation is 3. The molecular weight excluding hydrogens is 288 g/mol. The second kappa shape index (κ2) is 6.12. The summed E-state index contributed by atoms with van der Waals surface area (Å²) in [4.78, 5) is 0. The van der Waals surface area contributed by atoms with Gasteiger partial charge in [0.15, 0.2) is 5.82 Å². The van der Waals surface area contributed by atoms with Crippen LogP contribution >= 0.6 is 0 Å². The number of aromatic nitrogens is 2. The van der Waals surface area contributed by atoms with Crippen molar-refractivity contribution in [2.75, 3.05) is 5.43 Å². The lowest BCUT2D eigenvalue weighted by atomic mass is 10.2. The van der Waals surface area contributed by atoms with E-state index in [1.807, 2.05) is 45.2 Å². The van der Waals surface area contributed by atoms with Gasteiger partial charge in [0.2, 0.25) is 0 Å². The predicted octanol–water partition coefficient (Wildman–Crippen LogP) is 4.14. The zero-order valence-corrected chi connectivity index (χ0v) is 13.8. The summed E-state index contributed by atoms with van der Waals surface area (Å²) in [5.74, 6) is 1.59. The van der Waals surface area contributed by atoms with Gasteiger partial charge in [0.1, 0.15) is 5.76 Å². The minimum atomic E-state index is 0.795. The molecule has 23 heavy (non-hydrogen) atoms. The maximum Gasteiger partial charge on any atom is 0.180 e. The molecular formula is C18H20N4O. The fourth-order valence-corrected chi connectivity index (χ4v) is 2.53. The molecule has 0 fully saturated rings. The van der Waals surface area contributed by atoms with Crippen LogP contribution in [-0.4, -0.2) is 15.9 Å². The molecule has 0 unspecified atom stereocenters. The summed E-state index contributed by atoms with van der Waals surface area (Å²) in [6.45, 7) is 8.04. The fourth-order valence-electron chi connectivity index (χ4n) is 2.53. The Labute approximate surface area is 135 Å². The lowest BCUT2D eigenvalue weighted by molar-refractivity contribution is 0.394. The Hall–Kier alpha value is -2.82. The lowest BCUT2D eigenvalue weighted by Crippen LogP contribution is -2.00. The molecule has 1 aromatic carbocycles. The molecule has 3 rings (SSSR count). The molecule has 0 aliphatic heterocycles. The number of anilines is 1. The van der Waals surface area contributed by atoms with Crippen molar-refractivity contribution < 1.29 is 4.52 Å². The number of rotatable bonds is 4. The molecule has 0 saturated carbocycles. The van der Waals surface area contributed by atoms with Gasteiger partial charge in [0.25, 0.3) is 0 Å². The van der Waals surface area contributed by atoms with E-state index in [2.05, 4.69) is 45.4 Å². The molecule has 118 valence electrons. The summed E-state index contributed by atoms with van der Waals surface area (Å²) in [5.41, 5.74) is 8.45. The second-order valence-electron chi connectivity index (χ2n) is 5.69. The lowest BCUT2D eigenvalue weighted by Gasteiger charge is -2.04. The van der Waals surface area contributed by atoms with E-state index in [0.717, 1.165) is 34.2 Å². The van der Waals surface area contributed by atoms with Gasteiger partial charge in [-0.3, -0.25) is 9.99 Å². The highest BCUT2D eigenvalue weighted by atomic mass is 16.5. The average molecular weight is 308 g/mol. The molecule has 2 heterocycles. The van der Waals surface area contributed by atoms with E-state index in [0.29, 0.717) is 0 Å². The Bertz CT molecular complexity index is 841. The molecule has 0 radical (unpaired) electrons. The van der Waals surface area contributed by atoms with E-state index in [1.54, 1.807) is 0 Å². The smallest absolute Gasteiger partial charge is 0.180 e. The van der Waals surface area contributed by atoms with E-state index in [9.17, 15) is 0 Å². The standard InChI is InChI=1S/C18H20N4O/c1-12-5-7-17(8-6-12)20-19-11-16-9-13(2)22(15(16)4)18-10-14(3)23-21-18/h5-11,20H,1-4H3/b19-11-. The first-order valence-corrected chi connectivity index (χ1v) is 7.53. The van der Waals surface area contributed by atoms with E-state index in [-0.39, 0.29) is 0 Å². The summed E-state index contributed by atoms with van der Waals surface area (Å²) < 4.78 is 7.23. The molecule has 0 saturated heterocycles. The van der Waals surface area contributed by atoms with Crippen molar-refractivity contribution in [2.24, 2.45) is 5.10 Å². The van der Waals surface area contributed by atoms with Gasteiger partial charge in [-0.25, -0.2) is 0 Å².